The minimum absolute atomic E-state index is 0.0463. The number of halogens is 1. The maximum atomic E-state index is 11.2. The molecule has 1 N–H and O–H groups in total. The molecule has 0 aliphatic carbocycles. The van der Waals surface area contributed by atoms with Gasteiger partial charge in [-0.1, -0.05) is 13.0 Å². The van der Waals surface area contributed by atoms with Gasteiger partial charge in [-0.05, 0) is 53.6 Å². The number of hydrogen-bond acceptors (Lipinski definition) is 2. The van der Waals surface area contributed by atoms with Gasteiger partial charge in [-0.25, -0.2) is 0 Å². The molecule has 1 aromatic carbocycles. The lowest BCUT2D eigenvalue weighted by Gasteiger charge is -2.19. The van der Waals surface area contributed by atoms with E-state index in [-0.39, 0.29) is 5.91 Å². The number of carbonyl (C=O) groups excluding carboxylic acids is 1. The fourth-order valence-corrected chi connectivity index (χ4v) is 2.37. The molecule has 1 amide bonds. The molecule has 0 aromatic heterocycles. The van der Waals surface area contributed by atoms with Crippen LogP contribution in [0.5, 0.6) is 0 Å². The summed E-state index contributed by atoms with van der Waals surface area (Å²) in [6.45, 7) is 7.50. The lowest BCUT2D eigenvalue weighted by atomic mass is 10.1. The molecule has 0 atom stereocenters. The highest BCUT2D eigenvalue weighted by Crippen LogP contribution is 2.29. The van der Waals surface area contributed by atoms with E-state index >= 15 is 0 Å². The molecule has 0 aliphatic rings. The molecule has 1 aromatic rings. The molecule has 4 heteroatoms. The van der Waals surface area contributed by atoms with Crippen LogP contribution in [0.3, 0.4) is 0 Å². The van der Waals surface area contributed by atoms with E-state index < -0.39 is 0 Å². The van der Waals surface area contributed by atoms with Crippen molar-refractivity contribution >= 4 is 27.5 Å². The number of aryl methyl sites for hydroxylation is 1. The Bertz CT molecular complexity index is 418. The number of amides is 1. The first-order valence-electron chi connectivity index (χ1n) is 5.69. The van der Waals surface area contributed by atoms with Crippen LogP contribution < -0.4 is 5.32 Å². The van der Waals surface area contributed by atoms with Crippen molar-refractivity contribution in [1.29, 1.82) is 0 Å². The van der Waals surface area contributed by atoms with Gasteiger partial charge in [0, 0.05) is 17.9 Å². The zero-order valence-electron chi connectivity index (χ0n) is 10.8. The highest BCUT2D eigenvalue weighted by molar-refractivity contribution is 9.10. The smallest absolute Gasteiger partial charge is 0.221 e. The summed E-state index contributed by atoms with van der Waals surface area (Å²) < 4.78 is 0.937. The summed E-state index contributed by atoms with van der Waals surface area (Å²) in [6, 6.07) is 4.13. The molecular weight excluding hydrogens is 280 g/mol. The van der Waals surface area contributed by atoms with Gasteiger partial charge in [-0.3, -0.25) is 4.79 Å². The van der Waals surface area contributed by atoms with E-state index in [1.54, 1.807) is 0 Å². The first-order valence-corrected chi connectivity index (χ1v) is 6.48. The highest BCUT2D eigenvalue weighted by Gasteiger charge is 2.10. The first kappa shape index (κ1) is 14.2. The maximum Gasteiger partial charge on any atom is 0.221 e. The molecule has 0 aliphatic heterocycles. The lowest BCUT2D eigenvalue weighted by molar-refractivity contribution is -0.114. The van der Waals surface area contributed by atoms with Crippen LogP contribution in [0.4, 0.5) is 5.69 Å². The fraction of sp³-hybridized carbons (Fsp3) is 0.462. The second kappa shape index (κ2) is 6.17. The van der Waals surface area contributed by atoms with Crippen LogP contribution in [0, 0.1) is 6.92 Å². The SMILES string of the molecule is CCN(C)Cc1cc(C)cc(Br)c1NC(C)=O. The van der Waals surface area contributed by atoms with Gasteiger partial charge in [0.25, 0.3) is 0 Å². The Hall–Kier alpha value is -0.870. The molecule has 0 saturated heterocycles. The topological polar surface area (TPSA) is 32.3 Å². The molecular formula is C13H19BrN2O. The van der Waals surface area contributed by atoms with Crippen LogP contribution in [-0.2, 0) is 11.3 Å². The number of anilines is 1. The van der Waals surface area contributed by atoms with Gasteiger partial charge in [0.2, 0.25) is 5.91 Å². The number of rotatable bonds is 4. The van der Waals surface area contributed by atoms with Crippen molar-refractivity contribution in [2.45, 2.75) is 27.3 Å². The molecule has 0 saturated carbocycles. The zero-order valence-corrected chi connectivity index (χ0v) is 12.4. The summed E-state index contributed by atoms with van der Waals surface area (Å²) in [6.07, 6.45) is 0. The molecule has 0 fully saturated rings. The number of hydrogen-bond donors (Lipinski definition) is 1. The fourth-order valence-electron chi connectivity index (χ4n) is 1.66. The van der Waals surface area contributed by atoms with Gasteiger partial charge in [0.15, 0.2) is 0 Å². The summed E-state index contributed by atoms with van der Waals surface area (Å²) in [5.74, 6) is -0.0463. The van der Waals surface area contributed by atoms with Crippen LogP contribution >= 0.6 is 15.9 Å². The zero-order chi connectivity index (χ0) is 13.0. The first-order chi connectivity index (χ1) is 7.93. The molecule has 0 unspecified atom stereocenters. The van der Waals surface area contributed by atoms with Gasteiger partial charge >= 0.3 is 0 Å². The average Bonchev–Trinajstić information content (AvgIpc) is 2.22. The molecule has 94 valence electrons. The average molecular weight is 299 g/mol. The Balaban J connectivity index is 3.10. The van der Waals surface area contributed by atoms with E-state index in [9.17, 15) is 4.79 Å². The normalized spacial score (nSPS) is 10.7. The lowest BCUT2D eigenvalue weighted by Crippen LogP contribution is -2.19. The van der Waals surface area contributed by atoms with Gasteiger partial charge in [0.05, 0.1) is 5.69 Å². The highest BCUT2D eigenvalue weighted by atomic mass is 79.9. The molecule has 0 bridgehead atoms. The van der Waals surface area contributed by atoms with Crippen molar-refractivity contribution in [1.82, 2.24) is 4.90 Å². The van der Waals surface area contributed by atoms with Gasteiger partial charge in [-0.15, -0.1) is 0 Å². The van der Waals surface area contributed by atoms with Crippen LogP contribution in [0.15, 0.2) is 16.6 Å². The van der Waals surface area contributed by atoms with Crippen molar-refractivity contribution < 1.29 is 4.79 Å². The Kier molecular flexibility index (Phi) is 5.15. The van der Waals surface area contributed by atoms with Gasteiger partial charge < -0.3 is 10.2 Å². The molecule has 0 heterocycles. The van der Waals surface area contributed by atoms with Crippen LogP contribution in [-0.4, -0.2) is 24.4 Å². The molecule has 17 heavy (non-hydrogen) atoms. The van der Waals surface area contributed by atoms with Crippen molar-refractivity contribution in [3.8, 4) is 0 Å². The van der Waals surface area contributed by atoms with E-state index in [4.69, 9.17) is 0 Å². The predicted octanol–water partition coefficient (Wildman–Crippen LogP) is 3.17. The predicted molar refractivity (Wildman–Crippen MR) is 75.2 cm³/mol. The largest absolute Gasteiger partial charge is 0.325 e. The number of carbonyl (C=O) groups is 1. The molecule has 0 radical (unpaired) electrons. The van der Waals surface area contributed by atoms with Crippen LogP contribution in [0.2, 0.25) is 0 Å². The minimum atomic E-state index is -0.0463. The third-order valence-electron chi connectivity index (χ3n) is 2.60. The summed E-state index contributed by atoms with van der Waals surface area (Å²) in [5, 5.41) is 2.89. The summed E-state index contributed by atoms with van der Waals surface area (Å²) in [7, 11) is 2.06. The Morgan fingerprint density at radius 3 is 2.65 bits per heavy atom. The molecule has 3 nitrogen and oxygen atoms in total. The number of nitrogens with one attached hydrogen (secondary N) is 1. The van der Waals surface area contributed by atoms with E-state index in [2.05, 4.69) is 53.1 Å². The van der Waals surface area contributed by atoms with E-state index in [1.165, 1.54) is 12.5 Å². The standard InChI is InChI=1S/C13H19BrN2O/c1-5-16(4)8-11-6-9(2)7-12(14)13(11)15-10(3)17/h6-7H,5,8H2,1-4H3,(H,15,17). The second-order valence-electron chi connectivity index (χ2n) is 4.29. The van der Waals surface area contributed by atoms with Crippen molar-refractivity contribution in [2.24, 2.45) is 0 Å². The van der Waals surface area contributed by atoms with Crippen molar-refractivity contribution in [2.75, 3.05) is 18.9 Å². The van der Waals surface area contributed by atoms with Crippen LogP contribution in [0.25, 0.3) is 0 Å². The van der Waals surface area contributed by atoms with Crippen molar-refractivity contribution in [3.05, 3.63) is 27.7 Å². The summed E-state index contributed by atoms with van der Waals surface area (Å²) in [4.78, 5) is 13.4. The summed E-state index contributed by atoms with van der Waals surface area (Å²) >= 11 is 3.51. The Morgan fingerprint density at radius 2 is 2.12 bits per heavy atom. The summed E-state index contributed by atoms with van der Waals surface area (Å²) in [5.41, 5.74) is 3.20. The third-order valence-corrected chi connectivity index (χ3v) is 3.22. The van der Waals surface area contributed by atoms with Crippen molar-refractivity contribution in [3.63, 3.8) is 0 Å². The maximum absolute atomic E-state index is 11.2. The number of benzene rings is 1. The third kappa shape index (κ3) is 4.13. The number of nitrogens with zero attached hydrogens (tertiary/aromatic N) is 1. The Labute approximate surface area is 111 Å². The molecule has 1 rings (SSSR count). The molecule has 0 spiro atoms. The van der Waals surface area contributed by atoms with Gasteiger partial charge in [0.1, 0.15) is 0 Å². The minimum Gasteiger partial charge on any atom is -0.325 e. The van der Waals surface area contributed by atoms with E-state index in [0.29, 0.717) is 0 Å². The van der Waals surface area contributed by atoms with Crippen LogP contribution in [0.1, 0.15) is 25.0 Å². The van der Waals surface area contributed by atoms with E-state index in [1.807, 2.05) is 6.07 Å². The second-order valence-corrected chi connectivity index (χ2v) is 5.15. The Morgan fingerprint density at radius 1 is 1.47 bits per heavy atom. The monoisotopic (exact) mass is 298 g/mol. The quantitative estimate of drug-likeness (QED) is 0.926. The van der Waals surface area contributed by atoms with E-state index in [0.717, 1.165) is 28.8 Å². The van der Waals surface area contributed by atoms with Gasteiger partial charge in [-0.2, -0.15) is 0 Å².